The van der Waals surface area contributed by atoms with Crippen LogP contribution in [0.4, 0.5) is 5.69 Å². The number of halogens is 1. The van der Waals surface area contributed by atoms with Crippen molar-refractivity contribution in [3.63, 3.8) is 0 Å². The molecule has 0 spiro atoms. The van der Waals surface area contributed by atoms with Crippen LogP contribution in [0.5, 0.6) is 0 Å². The lowest BCUT2D eigenvalue weighted by molar-refractivity contribution is 0.757. The Morgan fingerprint density at radius 3 is 3.07 bits per heavy atom. The fraction of sp³-hybridized carbons (Fsp3) is 0.545. The van der Waals surface area contributed by atoms with Crippen molar-refractivity contribution >= 4 is 29.1 Å². The molecule has 0 radical (unpaired) electrons. The van der Waals surface area contributed by atoms with Crippen LogP contribution in [0.15, 0.2) is 18.5 Å². The molecule has 1 aromatic heterocycles. The van der Waals surface area contributed by atoms with Crippen LogP contribution in [0, 0.1) is 0 Å². The molecular formula is C11H15ClN2S. The lowest BCUT2D eigenvalue weighted by Crippen LogP contribution is -2.16. The molecule has 1 N–H and O–H groups in total. The van der Waals surface area contributed by atoms with E-state index in [1.54, 1.807) is 12.4 Å². The minimum absolute atomic E-state index is 0.572. The van der Waals surface area contributed by atoms with E-state index in [9.17, 15) is 0 Å². The monoisotopic (exact) mass is 242 g/mol. The van der Waals surface area contributed by atoms with Gasteiger partial charge in [-0.1, -0.05) is 11.6 Å². The summed E-state index contributed by atoms with van der Waals surface area (Å²) in [5.74, 6) is 0. The van der Waals surface area contributed by atoms with Gasteiger partial charge in [0.05, 0.1) is 10.7 Å². The predicted octanol–water partition coefficient (Wildman–Crippen LogP) is 3.43. The van der Waals surface area contributed by atoms with Crippen molar-refractivity contribution in [1.29, 1.82) is 0 Å². The summed E-state index contributed by atoms with van der Waals surface area (Å²) in [6.45, 7) is 0. The minimum Gasteiger partial charge on any atom is -0.381 e. The average Bonchev–Trinajstić information content (AvgIpc) is 2.69. The summed E-state index contributed by atoms with van der Waals surface area (Å²) in [5.41, 5.74) is 1.01. The standard InChI is InChI=1S/C11H15ClN2S/c1-15-9-3-2-8(6-9)14-11-4-5-13-7-10(11)12/h4-5,7-9H,2-3,6H2,1H3,(H,13,14). The quantitative estimate of drug-likeness (QED) is 0.879. The first-order valence-corrected chi connectivity index (χ1v) is 6.85. The number of pyridine rings is 1. The largest absolute Gasteiger partial charge is 0.381 e. The molecule has 2 unspecified atom stereocenters. The maximum Gasteiger partial charge on any atom is 0.0820 e. The summed E-state index contributed by atoms with van der Waals surface area (Å²) in [6, 6.07) is 2.51. The summed E-state index contributed by atoms with van der Waals surface area (Å²) in [4.78, 5) is 3.97. The van der Waals surface area contributed by atoms with E-state index in [-0.39, 0.29) is 0 Å². The molecule has 1 heterocycles. The zero-order valence-electron chi connectivity index (χ0n) is 8.74. The van der Waals surface area contributed by atoms with Crippen molar-refractivity contribution in [3.8, 4) is 0 Å². The van der Waals surface area contributed by atoms with Gasteiger partial charge < -0.3 is 5.32 Å². The van der Waals surface area contributed by atoms with E-state index in [1.807, 2.05) is 17.8 Å². The van der Waals surface area contributed by atoms with Gasteiger partial charge in [0.25, 0.3) is 0 Å². The van der Waals surface area contributed by atoms with E-state index in [2.05, 4.69) is 16.6 Å². The highest BCUT2D eigenvalue weighted by atomic mass is 35.5. The second-order valence-corrected chi connectivity index (χ2v) is 5.41. The van der Waals surface area contributed by atoms with Gasteiger partial charge in [-0.3, -0.25) is 4.98 Å². The normalized spacial score (nSPS) is 25.5. The Morgan fingerprint density at radius 2 is 2.40 bits per heavy atom. The van der Waals surface area contributed by atoms with Crippen LogP contribution in [0.25, 0.3) is 0 Å². The second kappa shape index (κ2) is 5.08. The minimum atomic E-state index is 0.572. The lowest BCUT2D eigenvalue weighted by Gasteiger charge is -2.14. The third-order valence-corrected chi connectivity index (χ3v) is 4.25. The Balaban J connectivity index is 1.96. The lowest BCUT2D eigenvalue weighted by atomic mass is 10.2. The van der Waals surface area contributed by atoms with Crippen LogP contribution in [0.2, 0.25) is 5.02 Å². The topological polar surface area (TPSA) is 24.9 Å². The molecule has 2 rings (SSSR count). The predicted molar refractivity (Wildman–Crippen MR) is 67.8 cm³/mol. The molecular weight excluding hydrogens is 228 g/mol. The number of anilines is 1. The van der Waals surface area contributed by atoms with Gasteiger partial charge in [0.2, 0.25) is 0 Å². The molecule has 0 amide bonds. The van der Waals surface area contributed by atoms with Crippen molar-refractivity contribution < 1.29 is 0 Å². The Labute approximate surface area is 99.8 Å². The molecule has 1 aromatic rings. The molecule has 0 aliphatic heterocycles. The molecule has 1 aliphatic carbocycles. The molecule has 0 aromatic carbocycles. The summed E-state index contributed by atoms with van der Waals surface area (Å²) < 4.78 is 0. The highest BCUT2D eigenvalue weighted by molar-refractivity contribution is 7.99. The van der Waals surface area contributed by atoms with Crippen molar-refractivity contribution in [2.75, 3.05) is 11.6 Å². The van der Waals surface area contributed by atoms with Gasteiger partial charge in [-0.25, -0.2) is 0 Å². The fourth-order valence-corrected chi connectivity index (χ4v) is 2.97. The van der Waals surface area contributed by atoms with Crippen molar-refractivity contribution in [2.45, 2.75) is 30.6 Å². The smallest absolute Gasteiger partial charge is 0.0820 e. The number of nitrogens with one attached hydrogen (secondary N) is 1. The average molecular weight is 243 g/mol. The number of thioether (sulfide) groups is 1. The van der Waals surface area contributed by atoms with E-state index in [4.69, 9.17) is 11.6 Å². The van der Waals surface area contributed by atoms with Crippen molar-refractivity contribution in [2.24, 2.45) is 0 Å². The van der Waals surface area contributed by atoms with Crippen LogP contribution in [0.1, 0.15) is 19.3 Å². The molecule has 15 heavy (non-hydrogen) atoms. The van der Waals surface area contributed by atoms with Crippen molar-refractivity contribution in [1.82, 2.24) is 4.98 Å². The first-order chi connectivity index (χ1) is 7.29. The zero-order chi connectivity index (χ0) is 10.7. The van der Waals surface area contributed by atoms with Crippen LogP contribution in [0.3, 0.4) is 0 Å². The van der Waals surface area contributed by atoms with Gasteiger partial charge >= 0.3 is 0 Å². The number of aromatic nitrogens is 1. The Hall–Kier alpha value is -0.410. The first-order valence-electron chi connectivity index (χ1n) is 5.18. The number of nitrogens with zero attached hydrogens (tertiary/aromatic N) is 1. The summed E-state index contributed by atoms with van der Waals surface area (Å²) in [6.07, 6.45) is 9.43. The molecule has 82 valence electrons. The van der Waals surface area contributed by atoms with Gasteiger partial charge in [0, 0.05) is 23.7 Å². The zero-order valence-corrected chi connectivity index (χ0v) is 10.3. The van der Waals surface area contributed by atoms with Crippen LogP contribution in [-0.4, -0.2) is 22.5 Å². The Kier molecular flexibility index (Phi) is 3.76. The Bertz CT molecular complexity index is 332. The fourth-order valence-electron chi connectivity index (χ4n) is 2.00. The van der Waals surface area contributed by atoms with Crippen LogP contribution >= 0.6 is 23.4 Å². The number of rotatable bonds is 3. The van der Waals surface area contributed by atoms with Gasteiger partial charge in [0.15, 0.2) is 0 Å². The molecule has 0 bridgehead atoms. The van der Waals surface area contributed by atoms with Crippen LogP contribution in [-0.2, 0) is 0 Å². The third kappa shape index (κ3) is 2.79. The molecule has 2 atom stereocenters. The van der Waals surface area contributed by atoms with Gasteiger partial charge in [-0.2, -0.15) is 11.8 Å². The van der Waals surface area contributed by atoms with Gasteiger partial charge in [-0.05, 0) is 31.6 Å². The van der Waals surface area contributed by atoms with E-state index in [0.717, 1.165) is 10.9 Å². The highest BCUT2D eigenvalue weighted by Crippen LogP contribution is 2.31. The highest BCUT2D eigenvalue weighted by Gasteiger charge is 2.23. The molecule has 4 heteroatoms. The first kappa shape index (κ1) is 11.1. The SMILES string of the molecule is CSC1CCC(Nc2ccncc2Cl)C1. The third-order valence-electron chi connectivity index (χ3n) is 2.85. The Morgan fingerprint density at radius 1 is 1.53 bits per heavy atom. The molecule has 2 nitrogen and oxygen atoms in total. The van der Waals surface area contributed by atoms with Gasteiger partial charge in [0.1, 0.15) is 0 Å². The maximum atomic E-state index is 6.04. The number of hydrogen-bond donors (Lipinski definition) is 1. The summed E-state index contributed by atoms with van der Waals surface area (Å²) >= 11 is 8.01. The summed E-state index contributed by atoms with van der Waals surface area (Å²) in [5, 5.41) is 5.01. The van der Waals surface area contributed by atoms with E-state index < -0.39 is 0 Å². The molecule has 1 aliphatic rings. The van der Waals surface area contributed by atoms with Gasteiger partial charge in [-0.15, -0.1) is 0 Å². The molecule has 1 fully saturated rings. The van der Waals surface area contributed by atoms with E-state index in [1.165, 1.54) is 19.3 Å². The van der Waals surface area contributed by atoms with E-state index >= 15 is 0 Å². The molecule has 0 saturated heterocycles. The second-order valence-electron chi connectivity index (χ2n) is 3.87. The van der Waals surface area contributed by atoms with Crippen LogP contribution < -0.4 is 5.32 Å². The van der Waals surface area contributed by atoms with E-state index in [0.29, 0.717) is 11.1 Å². The molecule has 1 saturated carbocycles. The van der Waals surface area contributed by atoms with Crippen molar-refractivity contribution in [3.05, 3.63) is 23.5 Å². The summed E-state index contributed by atoms with van der Waals surface area (Å²) in [7, 11) is 0. The number of hydrogen-bond acceptors (Lipinski definition) is 3. The maximum absolute atomic E-state index is 6.04.